The van der Waals surface area contributed by atoms with Gasteiger partial charge in [-0.15, -0.1) is 0 Å². The first kappa shape index (κ1) is 10.2. The predicted octanol–water partition coefficient (Wildman–Crippen LogP) is 1.88. The van der Waals surface area contributed by atoms with E-state index in [1.807, 2.05) is 6.92 Å². The van der Waals surface area contributed by atoms with Crippen molar-refractivity contribution in [1.82, 2.24) is 0 Å². The molecule has 0 aromatic heterocycles. The van der Waals surface area contributed by atoms with Crippen LogP contribution in [0.1, 0.15) is 12.0 Å². The van der Waals surface area contributed by atoms with Crippen molar-refractivity contribution in [3.63, 3.8) is 0 Å². The van der Waals surface area contributed by atoms with Crippen LogP contribution in [-0.4, -0.2) is 19.3 Å². The minimum atomic E-state index is -0.412. The second kappa shape index (κ2) is 4.06. The SMILES string of the molecule is Cc1cc(OC2CCOC2)c(F)cc1N. The van der Waals surface area contributed by atoms with Gasteiger partial charge < -0.3 is 15.2 Å². The maximum absolute atomic E-state index is 13.4. The predicted molar refractivity (Wildman–Crippen MR) is 55.4 cm³/mol. The fraction of sp³-hybridized carbons (Fsp3) is 0.455. The van der Waals surface area contributed by atoms with Crippen molar-refractivity contribution < 1.29 is 13.9 Å². The molecule has 1 fully saturated rings. The van der Waals surface area contributed by atoms with Gasteiger partial charge in [0.25, 0.3) is 0 Å². The fourth-order valence-electron chi connectivity index (χ4n) is 1.55. The molecule has 0 aliphatic carbocycles. The molecule has 1 heterocycles. The van der Waals surface area contributed by atoms with Gasteiger partial charge in [-0.2, -0.15) is 0 Å². The van der Waals surface area contributed by atoms with Gasteiger partial charge in [-0.1, -0.05) is 0 Å². The van der Waals surface area contributed by atoms with Gasteiger partial charge >= 0.3 is 0 Å². The van der Waals surface area contributed by atoms with Crippen LogP contribution in [0.25, 0.3) is 0 Å². The summed E-state index contributed by atoms with van der Waals surface area (Å²) >= 11 is 0. The zero-order chi connectivity index (χ0) is 10.8. The first-order chi connectivity index (χ1) is 7.16. The second-order valence-electron chi connectivity index (χ2n) is 3.74. The Morgan fingerprint density at radius 2 is 2.33 bits per heavy atom. The normalized spacial score (nSPS) is 20.5. The van der Waals surface area contributed by atoms with E-state index < -0.39 is 5.82 Å². The number of halogens is 1. The fourth-order valence-corrected chi connectivity index (χ4v) is 1.55. The highest BCUT2D eigenvalue weighted by atomic mass is 19.1. The Morgan fingerprint density at radius 3 is 3.00 bits per heavy atom. The lowest BCUT2D eigenvalue weighted by atomic mass is 10.2. The lowest BCUT2D eigenvalue weighted by Gasteiger charge is -2.13. The molecule has 4 heteroatoms. The van der Waals surface area contributed by atoms with Gasteiger partial charge in [-0.3, -0.25) is 0 Å². The molecule has 2 N–H and O–H groups in total. The van der Waals surface area contributed by atoms with E-state index in [1.54, 1.807) is 6.07 Å². The van der Waals surface area contributed by atoms with Crippen molar-refractivity contribution in [3.8, 4) is 5.75 Å². The van der Waals surface area contributed by atoms with E-state index in [1.165, 1.54) is 6.07 Å². The van der Waals surface area contributed by atoms with E-state index in [0.717, 1.165) is 12.0 Å². The molecule has 0 saturated carbocycles. The van der Waals surface area contributed by atoms with Crippen LogP contribution in [0, 0.1) is 12.7 Å². The molecule has 1 aromatic rings. The van der Waals surface area contributed by atoms with Crippen molar-refractivity contribution in [3.05, 3.63) is 23.5 Å². The average Bonchev–Trinajstić information content (AvgIpc) is 2.67. The standard InChI is InChI=1S/C11H14FNO2/c1-7-4-11(9(12)5-10(7)13)15-8-2-3-14-6-8/h4-5,8H,2-3,6,13H2,1H3. The zero-order valence-electron chi connectivity index (χ0n) is 8.63. The third-order valence-electron chi connectivity index (χ3n) is 2.50. The molecule has 1 aliphatic heterocycles. The first-order valence-electron chi connectivity index (χ1n) is 4.97. The van der Waals surface area contributed by atoms with Crippen LogP contribution in [0.2, 0.25) is 0 Å². The van der Waals surface area contributed by atoms with Crippen LogP contribution in [-0.2, 0) is 4.74 Å². The highest BCUT2D eigenvalue weighted by Crippen LogP contribution is 2.25. The van der Waals surface area contributed by atoms with Crippen molar-refractivity contribution in [2.75, 3.05) is 18.9 Å². The summed E-state index contributed by atoms with van der Waals surface area (Å²) in [6.07, 6.45) is 0.769. The number of ether oxygens (including phenoxy) is 2. The second-order valence-corrected chi connectivity index (χ2v) is 3.74. The Balaban J connectivity index is 2.16. The summed E-state index contributed by atoms with van der Waals surface area (Å²) in [5.74, 6) is -0.151. The lowest BCUT2D eigenvalue weighted by Crippen LogP contribution is -2.16. The summed E-state index contributed by atoms with van der Waals surface area (Å²) < 4.78 is 24.1. The number of hydrogen-bond donors (Lipinski definition) is 1. The molecule has 3 nitrogen and oxygen atoms in total. The van der Waals surface area contributed by atoms with E-state index in [4.69, 9.17) is 15.2 Å². The highest BCUT2D eigenvalue weighted by molar-refractivity contribution is 5.50. The van der Waals surface area contributed by atoms with Crippen molar-refractivity contribution >= 4 is 5.69 Å². The molecule has 2 rings (SSSR count). The maximum Gasteiger partial charge on any atom is 0.167 e. The van der Waals surface area contributed by atoms with Gasteiger partial charge in [-0.25, -0.2) is 4.39 Å². The van der Waals surface area contributed by atoms with E-state index >= 15 is 0 Å². The largest absolute Gasteiger partial charge is 0.485 e. The summed E-state index contributed by atoms with van der Waals surface area (Å²) in [5.41, 5.74) is 6.85. The third-order valence-corrected chi connectivity index (χ3v) is 2.50. The van der Waals surface area contributed by atoms with Crippen molar-refractivity contribution in [2.45, 2.75) is 19.4 Å². The first-order valence-corrected chi connectivity index (χ1v) is 4.97. The molecular weight excluding hydrogens is 197 g/mol. The number of nitrogen functional groups attached to an aromatic ring is 1. The number of aryl methyl sites for hydroxylation is 1. The van der Waals surface area contributed by atoms with Crippen LogP contribution in [0.3, 0.4) is 0 Å². The Kier molecular flexibility index (Phi) is 2.77. The molecule has 1 unspecified atom stereocenters. The summed E-state index contributed by atoms with van der Waals surface area (Å²) in [4.78, 5) is 0. The Bertz CT molecular complexity index is 362. The van der Waals surface area contributed by atoms with Crippen LogP contribution in [0.15, 0.2) is 12.1 Å². The number of nitrogens with two attached hydrogens (primary N) is 1. The van der Waals surface area contributed by atoms with Gasteiger partial charge in [0, 0.05) is 18.2 Å². The van der Waals surface area contributed by atoms with E-state index in [9.17, 15) is 4.39 Å². The molecule has 1 aliphatic rings. The van der Waals surface area contributed by atoms with Crippen LogP contribution >= 0.6 is 0 Å². The topological polar surface area (TPSA) is 44.5 Å². The van der Waals surface area contributed by atoms with Gasteiger partial charge in [0.2, 0.25) is 0 Å². The molecule has 82 valence electrons. The van der Waals surface area contributed by atoms with Crippen LogP contribution in [0.4, 0.5) is 10.1 Å². The smallest absolute Gasteiger partial charge is 0.167 e. The molecule has 0 bridgehead atoms. The summed E-state index contributed by atoms with van der Waals surface area (Å²) in [6.45, 7) is 3.04. The van der Waals surface area contributed by atoms with Gasteiger partial charge in [-0.05, 0) is 18.6 Å². The Labute approximate surface area is 88.0 Å². The molecule has 15 heavy (non-hydrogen) atoms. The molecule has 0 amide bonds. The highest BCUT2D eigenvalue weighted by Gasteiger charge is 2.19. The summed E-state index contributed by atoms with van der Waals surface area (Å²) in [7, 11) is 0. The molecular formula is C11H14FNO2. The minimum absolute atomic E-state index is 0.0393. The molecule has 1 aromatic carbocycles. The number of benzene rings is 1. The molecule has 0 radical (unpaired) electrons. The summed E-state index contributed by atoms with van der Waals surface area (Å²) in [6, 6.07) is 2.92. The average molecular weight is 211 g/mol. The maximum atomic E-state index is 13.4. The minimum Gasteiger partial charge on any atom is -0.485 e. The molecule has 1 atom stereocenters. The van der Waals surface area contributed by atoms with Gasteiger partial charge in [0.05, 0.1) is 13.2 Å². The molecule has 0 spiro atoms. The zero-order valence-corrected chi connectivity index (χ0v) is 8.63. The van der Waals surface area contributed by atoms with Crippen molar-refractivity contribution in [2.24, 2.45) is 0 Å². The van der Waals surface area contributed by atoms with Crippen LogP contribution in [0.5, 0.6) is 5.75 Å². The quantitative estimate of drug-likeness (QED) is 0.760. The van der Waals surface area contributed by atoms with E-state index in [-0.39, 0.29) is 11.9 Å². The van der Waals surface area contributed by atoms with Crippen LogP contribution < -0.4 is 10.5 Å². The van der Waals surface area contributed by atoms with E-state index in [2.05, 4.69) is 0 Å². The summed E-state index contributed by atoms with van der Waals surface area (Å²) in [5, 5.41) is 0. The Morgan fingerprint density at radius 1 is 1.53 bits per heavy atom. The van der Waals surface area contributed by atoms with Crippen molar-refractivity contribution in [1.29, 1.82) is 0 Å². The Hall–Kier alpha value is -1.29. The van der Waals surface area contributed by atoms with Gasteiger partial charge in [0.1, 0.15) is 6.10 Å². The van der Waals surface area contributed by atoms with Gasteiger partial charge in [0.15, 0.2) is 11.6 Å². The molecule has 1 saturated heterocycles. The lowest BCUT2D eigenvalue weighted by molar-refractivity contribution is 0.138. The number of hydrogen-bond acceptors (Lipinski definition) is 3. The van der Waals surface area contributed by atoms with E-state index in [0.29, 0.717) is 18.9 Å². The number of rotatable bonds is 2. The monoisotopic (exact) mass is 211 g/mol. The number of anilines is 1. The third kappa shape index (κ3) is 2.21.